The molecule has 1 nitrogen and oxygen atoms in total. The summed E-state index contributed by atoms with van der Waals surface area (Å²) in [7, 11) is 0. The molecule has 0 amide bonds. The van der Waals surface area contributed by atoms with Gasteiger partial charge in [0.05, 0.1) is 0 Å². The van der Waals surface area contributed by atoms with Crippen molar-refractivity contribution in [2.24, 2.45) is 5.41 Å². The Hall–Kier alpha value is -0.820. The lowest BCUT2D eigenvalue weighted by atomic mass is 9.87. The van der Waals surface area contributed by atoms with Gasteiger partial charge in [0.15, 0.2) is 0 Å². The van der Waals surface area contributed by atoms with Crippen LogP contribution in [0, 0.1) is 5.41 Å². The van der Waals surface area contributed by atoms with Crippen LogP contribution < -0.4 is 5.32 Å². The van der Waals surface area contributed by atoms with Crippen molar-refractivity contribution in [3.63, 3.8) is 0 Å². The summed E-state index contributed by atoms with van der Waals surface area (Å²) in [5, 5.41) is 3.65. The van der Waals surface area contributed by atoms with Gasteiger partial charge < -0.3 is 5.32 Å². The smallest absolute Gasteiger partial charge is 0.000252 e. The molecular formula is C19H33N. The van der Waals surface area contributed by atoms with Crippen LogP contribution in [-0.4, -0.2) is 13.1 Å². The Morgan fingerprint density at radius 1 is 1.10 bits per heavy atom. The van der Waals surface area contributed by atoms with Crippen molar-refractivity contribution in [2.75, 3.05) is 13.1 Å². The van der Waals surface area contributed by atoms with Gasteiger partial charge in [-0.1, -0.05) is 77.3 Å². The molecule has 0 aliphatic heterocycles. The zero-order valence-corrected chi connectivity index (χ0v) is 13.9. The van der Waals surface area contributed by atoms with Crippen molar-refractivity contribution in [1.82, 2.24) is 5.32 Å². The molecule has 20 heavy (non-hydrogen) atoms. The summed E-state index contributed by atoms with van der Waals surface area (Å²) in [5.41, 5.74) is 1.89. The van der Waals surface area contributed by atoms with Gasteiger partial charge in [0.2, 0.25) is 0 Å². The third-order valence-electron chi connectivity index (χ3n) is 4.18. The van der Waals surface area contributed by atoms with Crippen molar-refractivity contribution >= 4 is 0 Å². The average molecular weight is 275 g/mol. The molecule has 1 aromatic rings. The molecular weight excluding hydrogens is 242 g/mol. The van der Waals surface area contributed by atoms with Crippen LogP contribution in [0.4, 0.5) is 0 Å². The molecule has 0 radical (unpaired) electrons. The summed E-state index contributed by atoms with van der Waals surface area (Å²) in [6, 6.07) is 10.8. The molecule has 1 rings (SSSR count). The molecule has 1 atom stereocenters. The minimum absolute atomic E-state index is 0.436. The van der Waals surface area contributed by atoms with Gasteiger partial charge in [-0.3, -0.25) is 0 Å². The second kappa shape index (κ2) is 9.18. The van der Waals surface area contributed by atoms with Crippen LogP contribution in [-0.2, 0) is 0 Å². The van der Waals surface area contributed by atoms with Crippen LogP contribution in [0.5, 0.6) is 0 Å². The first-order valence-corrected chi connectivity index (χ1v) is 8.31. The van der Waals surface area contributed by atoms with Crippen LogP contribution in [0.3, 0.4) is 0 Å². The molecule has 0 aromatic heterocycles. The highest BCUT2D eigenvalue weighted by atomic mass is 14.9. The molecule has 0 aliphatic rings. The van der Waals surface area contributed by atoms with Gasteiger partial charge in [-0.15, -0.1) is 0 Å². The van der Waals surface area contributed by atoms with Crippen LogP contribution in [0.15, 0.2) is 30.3 Å². The monoisotopic (exact) mass is 275 g/mol. The van der Waals surface area contributed by atoms with Gasteiger partial charge in [-0.25, -0.2) is 0 Å². The largest absolute Gasteiger partial charge is 0.316 e. The van der Waals surface area contributed by atoms with Gasteiger partial charge in [-0.2, -0.15) is 0 Å². The van der Waals surface area contributed by atoms with Gasteiger partial charge in [0, 0.05) is 6.54 Å². The molecule has 1 N–H and O–H groups in total. The minimum atomic E-state index is 0.436. The van der Waals surface area contributed by atoms with Crippen LogP contribution in [0.1, 0.15) is 71.3 Å². The maximum Gasteiger partial charge on any atom is 0.000252 e. The van der Waals surface area contributed by atoms with Crippen LogP contribution in [0.25, 0.3) is 0 Å². The van der Waals surface area contributed by atoms with E-state index in [0.29, 0.717) is 11.3 Å². The summed E-state index contributed by atoms with van der Waals surface area (Å²) in [6.45, 7) is 11.6. The first-order valence-electron chi connectivity index (χ1n) is 8.31. The Morgan fingerprint density at radius 2 is 1.80 bits per heavy atom. The SMILES string of the molecule is CCCCCC(C)(C)CNCCC(C)c1ccccc1. The summed E-state index contributed by atoms with van der Waals surface area (Å²) in [6.07, 6.45) is 6.61. The van der Waals surface area contributed by atoms with E-state index in [1.54, 1.807) is 0 Å². The summed E-state index contributed by atoms with van der Waals surface area (Å²) in [4.78, 5) is 0. The van der Waals surface area contributed by atoms with E-state index in [2.05, 4.69) is 63.3 Å². The Labute approximate surface area is 126 Å². The highest BCUT2D eigenvalue weighted by molar-refractivity contribution is 5.18. The first kappa shape index (κ1) is 17.2. The molecule has 0 saturated heterocycles. The summed E-state index contributed by atoms with van der Waals surface area (Å²) < 4.78 is 0. The molecule has 0 saturated carbocycles. The van der Waals surface area contributed by atoms with E-state index < -0.39 is 0 Å². The van der Waals surface area contributed by atoms with Crippen LogP contribution in [0.2, 0.25) is 0 Å². The number of rotatable bonds is 10. The van der Waals surface area contributed by atoms with Gasteiger partial charge in [0.1, 0.15) is 0 Å². The fraction of sp³-hybridized carbons (Fsp3) is 0.684. The van der Waals surface area contributed by atoms with Crippen molar-refractivity contribution in [1.29, 1.82) is 0 Å². The second-order valence-electron chi connectivity index (χ2n) is 6.90. The molecule has 0 bridgehead atoms. The summed E-state index contributed by atoms with van der Waals surface area (Å²) >= 11 is 0. The van der Waals surface area contributed by atoms with Crippen molar-refractivity contribution in [3.05, 3.63) is 35.9 Å². The molecule has 0 spiro atoms. The first-order chi connectivity index (χ1) is 9.55. The molecule has 114 valence electrons. The Morgan fingerprint density at radius 3 is 2.45 bits per heavy atom. The quantitative estimate of drug-likeness (QED) is 0.566. The van der Waals surface area contributed by atoms with E-state index in [1.165, 1.54) is 37.7 Å². The Bertz CT molecular complexity index is 342. The topological polar surface area (TPSA) is 12.0 Å². The lowest BCUT2D eigenvalue weighted by Crippen LogP contribution is -2.30. The summed E-state index contributed by atoms with van der Waals surface area (Å²) in [5.74, 6) is 0.645. The number of nitrogens with one attached hydrogen (secondary N) is 1. The second-order valence-corrected chi connectivity index (χ2v) is 6.90. The molecule has 1 heteroatoms. The number of unbranched alkanes of at least 4 members (excludes halogenated alkanes) is 2. The van der Waals surface area contributed by atoms with Crippen molar-refractivity contribution in [3.8, 4) is 0 Å². The standard InChI is InChI=1S/C19H33N/c1-5-6-10-14-19(3,4)16-20-15-13-17(2)18-11-8-7-9-12-18/h7-9,11-12,17,20H,5-6,10,13-16H2,1-4H3. The lowest BCUT2D eigenvalue weighted by Gasteiger charge is -2.25. The van der Waals surface area contributed by atoms with E-state index in [1.807, 2.05) is 0 Å². The van der Waals surface area contributed by atoms with Crippen LogP contribution >= 0.6 is 0 Å². The Kier molecular flexibility index (Phi) is 7.91. The maximum absolute atomic E-state index is 3.65. The number of hydrogen-bond donors (Lipinski definition) is 1. The highest BCUT2D eigenvalue weighted by Crippen LogP contribution is 2.23. The minimum Gasteiger partial charge on any atom is -0.316 e. The fourth-order valence-corrected chi connectivity index (χ4v) is 2.64. The van der Waals surface area contributed by atoms with Gasteiger partial charge in [-0.05, 0) is 36.3 Å². The molecule has 0 fully saturated rings. The Balaban J connectivity index is 2.17. The molecule has 1 unspecified atom stereocenters. The predicted octanol–water partition coefficient (Wildman–Crippen LogP) is 5.38. The van der Waals surface area contributed by atoms with E-state index in [9.17, 15) is 0 Å². The van der Waals surface area contributed by atoms with E-state index >= 15 is 0 Å². The zero-order chi connectivity index (χ0) is 14.8. The number of hydrogen-bond acceptors (Lipinski definition) is 1. The van der Waals surface area contributed by atoms with Crippen molar-refractivity contribution < 1.29 is 0 Å². The highest BCUT2D eigenvalue weighted by Gasteiger charge is 2.16. The molecule has 0 aliphatic carbocycles. The lowest BCUT2D eigenvalue weighted by molar-refractivity contribution is 0.301. The van der Waals surface area contributed by atoms with E-state index in [-0.39, 0.29) is 0 Å². The van der Waals surface area contributed by atoms with E-state index in [0.717, 1.165) is 13.1 Å². The number of benzene rings is 1. The normalized spacial score (nSPS) is 13.4. The molecule has 1 aromatic carbocycles. The maximum atomic E-state index is 3.65. The molecule has 0 heterocycles. The van der Waals surface area contributed by atoms with Gasteiger partial charge in [0.25, 0.3) is 0 Å². The third-order valence-corrected chi connectivity index (χ3v) is 4.18. The van der Waals surface area contributed by atoms with Gasteiger partial charge >= 0.3 is 0 Å². The average Bonchev–Trinajstić information content (AvgIpc) is 2.44. The van der Waals surface area contributed by atoms with Crippen molar-refractivity contribution in [2.45, 2.75) is 65.7 Å². The fourth-order valence-electron chi connectivity index (χ4n) is 2.64. The third kappa shape index (κ3) is 7.09. The zero-order valence-electron chi connectivity index (χ0n) is 13.9. The predicted molar refractivity (Wildman–Crippen MR) is 90.3 cm³/mol. The van der Waals surface area contributed by atoms with E-state index in [4.69, 9.17) is 0 Å².